The predicted octanol–water partition coefficient (Wildman–Crippen LogP) is 2.45. The number of anilines is 1. The summed E-state index contributed by atoms with van der Waals surface area (Å²) >= 11 is 3.41. The second-order valence-corrected chi connectivity index (χ2v) is 4.49. The zero-order valence-electron chi connectivity index (χ0n) is 8.41. The van der Waals surface area contributed by atoms with Crippen LogP contribution >= 0.6 is 15.9 Å². The van der Waals surface area contributed by atoms with Crippen molar-refractivity contribution < 1.29 is 9.47 Å². The molecule has 0 aliphatic carbocycles. The molecule has 4 heteroatoms. The number of halogens is 1. The molecule has 15 heavy (non-hydrogen) atoms. The molecule has 0 amide bonds. The van der Waals surface area contributed by atoms with E-state index < -0.39 is 0 Å². The van der Waals surface area contributed by atoms with Crippen LogP contribution in [0.4, 0.5) is 5.69 Å². The molecule has 0 saturated carbocycles. The minimum Gasteiger partial charge on any atom is -0.492 e. The van der Waals surface area contributed by atoms with Crippen LogP contribution in [0.25, 0.3) is 0 Å². The molecule has 0 aromatic heterocycles. The Bertz CT molecular complexity index is 337. The first-order valence-electron chi connectivity index (χ1n) is 5.02. The van der Waals surface area contributed by atoms with Gasteiger partial charge in [0.1, 0.15) is 5.75 Å². The average molecular weight is 272 g/mol. The van der Waals surface area contributed by atoms with Crippen molar-refractivity contribution in [2.45, 2.75) is 6.42 Å². The van der Waals surface area contributed by atoms with E-state index in [1.54, 1.807) is 0 Å². The highest BCUT2D eigenvalue weighted by Crippen LogP contribution is 2.30. The van der Waals surface area contributed by atoms with Crippen molar-refractivity contribution in [3.63, 3.8) is 0 Å². The lowest BCUT2D eigenvalue weighted by molar-refractivity contribution is 0.167. The standard InChI is InChI=1S/C11H14BrNO2/c12-11-9(13)2-1-3-10(11)15-7-8-4-5-14-6-8/h1-3,8H,4-7,13H2. The van der Waals surface area contributed by atoms with Gasteiger partial charge in [-0.1, -0.05) is 6.07 Å². The number of hydrogen-bond donors (Lipinski definition) is 1. The van der Waals surface area contributed by atoms with Gasteiger partial charge in [0, 0.05) is 18.2 Å². The molecular formula is C11H14BrNO2. The van der Waals surface area contributed by atoms with Gasteiger partial charge in [-0.25, -0.2) is 0 Å². The fourth-order valence-corrected chi connectivity index (χ4v) is 1.94. The van der Waals surface area contributed by atoms with E-state index in [0.717, 1.165) is 29.9 Å². The molecule has 0 bridgehead atoms. The summed E-state index contributed by atoms with van der Waals surface area (Å²) in [6, 6.07) is 5.65. The molecule has 1 saturated heterocycles. The van der Waals surface area contributed by atoms with Gasteiger partial charge in [0.05, 0.1) is 17.7 Å². The summed E-state index contributed by atoms with van der Waals surface area (Å²) in [6.07, 6.45) is 1.08. The number of benzene rings is 1. The van der Waals surface area contributed by atoms with Crippen molar-refractivity contribution in [2.75, 3.05) is 25.6 Å². The maximum Gasteiger partial charge on any atom is 0.135 e. The third-order valence-corrected chi connectivity index (χ3v) is 3.34. The van der Waals surface area contributed by atoms with E-state index in [0.29, 0.717) is 18.2 Å². The third kappa shape index (κ3) is 2.63. The Labute approximate surface area is 97.7 Å². The van der Waals surface area contributed by atoms with Crippen LogP contribution in [0.3, 0.4) is 0 Å². The molecule has 3 nitrogen and oxygen atoms in total. The van der Waals surface area contributed by atoms with Crippen molar-refractivity contribution in [1.82, 2.24) is 0 Å². The van der Waals surface area contributed by atoms with E-state index >= 15 is 0 Å². The monoisotopic (exact) mass is 271 g/mol. The molecule has 2 N–H and O–H groups in total. The number of nitrogens with two attached hydrogens (primary N) is 1. The first kappa shape index (κ1) is 10.8. The maximum atomic E-state index is 5.75. The van der Waals surface area contributed by atoms with Crippen LogP contribution in [0.5, 0.6) is 5.75 Å². The molecule has 0 radical (unpaired) electrons. The Balaban J connectivity index is 1.95. The van der Waals surface area contributed by atoms with Gasteiger partial charge in [-0.05, 0) is 34.5 Å². The van der Waals surface area contributed by atoms with Crippen molar-refractivity contribution in [3.05, 3.63) is 22.7 Å². The van der Waals surface area contributed by atoms with Gasteiger partial charge in [-0.2, -0.15) is 0 Å². The van der Waals surface area contributed by atoms with Crippen molar-refractivity contribution in [1.29, 1.82) is 0 Å². The van der Waals surface area contributed by atoms with Gasteiger partial charge in [0.2, 0.25) is 0 Å². The van der Waals surface area contributed by atoms with E-state index in [1.165, 1.54) is 0 Å². The Morgan fingerprint density at radius 3 is 3.13 bits per heavy atom. The van der Waals surface area contributed by atoms with Crippen LogP contribution in [0.2, 0.25) is 0 Å². The number of hydrogen-bond acceptors (Lipinski definition) is 3. The third-order valence-electron chi connectivity index (χ3n) is 2.49. The Morgan fingerprint density at radius 1 is 1.53 bits per heavy atom. The molecule has 1 heterocycles. The Hall–Kier alpha value is -0.740. The lowest BCUT2D eigenvalue weighted by atomic mass is 10.1. The smallest absolute Gasteiger partial charge is 0.135 e. The predicted molar refractivity (Wildman–Crippen MR) is 63.0 cm³/mol. The van der Waals surface area contributed by atoms with Gasteiger partial charge in [0.15, 0.2) is 0 Å². The minimum absolute atomic E-state index is 0.512. The number of rotatable bonds is 3. The Kier molecular flexibility index (Phi) is 3.49. The van der Waals surface area contributed by atoms with Gasteiger partial charge < -0.3 is 15.2 Å². The maximum absolute atomic E-state index is 5.75. The average Bonchev–Trinajstić information content (AvgIpc) is 2.73. The molecule has 1 aromatic rings. The highest BCUT2D eigenvalue weighted by molar-refractivity contribution is 9.10. The van der Waals surface area contributed by atoms with Gasteiger partial charge in [-0.15, -0.1) is 0 Å². The zero-order chi connectivity index (χ0) is 10.7. The highest BCUT2D eigenvalue weighted by Gasteiger charge is 2.16. The first-order chi connectivity index (χ1) is 7.27. The molecule has 1 fully saturated rings. The molecule has 2 rings (SSSR count). The van der Waals surface area contributed by atoms with Gasteiger partial charge in [-0.3, -0.25) is 0 Å². The van der Waals surface area contributed by atoms with E-state index in [-0.39, 0.29) is 0 Å². The molecule has 1 atom stereocenters. The first-order valence-corrected chi connectivity index (χ1v) is 5.81. The second kappa shape index (κ2) is 4.86. The van der Waals surface area contributed by atoms with Gasteiger partial charge >= 0.3 is 0 Å². The molecule has 1 aliphatic heterocycles. The van der Waals surface area contributed by atoms with Gasteiger partial charge in [0.25, 0.3) is 0 Å². The molecule has 1 aliphatic rings. The number of nitrogen functional groups attached to an aromatic ring is 1. The van der Waals surface area contributed by atoms with Crippen LogP contribution in [0.1, 0.15) is 6.42 Å². The minimum atomic E-state index is 0.512. The van der Waals surface area contributed by atoms with Crippen LogP contribution in [-0.2, 0) is 4.74 Å². The van der Waals surface area contributed by atoms with E-state index in [2.05, 4.69) is 15.9 Å². The highest BCUT2D eigenvalue weighted by atomic mass is 79.9. The molecule has 0 spiro atoms. The molecule has 1 aromatic carbocycles. The zero-order valence-corrected chi connectivity index (χ0v) is 10.00. The molecular weight excluding hydrogens is 258 g/mol. The normalized spacial score (nSPS) is 20.5. The lowest BCUT2D eigenvalue weighted by Crippen LogP contribution is -2.12. The summed E-state index contributed by atoms with van der Waals surface area (Å²) in [5.41, 5.74) is 6.46. The van der Waals surface area contributed by atoms with Crippen molar-refractivity contribution in [3.8, 4) is 5.75 Å². The summed E-state index contributed by atoms with van der Waals surface area (Å²) < 4.78 is 11.8. The number of ether oxygens (including phenoxy) is 2. The summed E-state index contributed by atoms with van der Waals surface area (Å²) in [6.45, 7) is 2.36. The lowest BCUT2D eigenvalue weighted by Gasteiger charge is -2.12. The van der Waals surface area contributed by atoms with Crippen molar-refractivity contribution >= 4 is 21.6 Å². The topological polar surface area (TPSA) is 44.5 Å². The quantitative estimate of drug-likeness (QED) is 0.859. The molecule has 1 unspecified atom stereocenters. The fraction of sp³-hybridized carbons (Fsp3) is 0.455. The van der Waals surface area contributed by atoms with Crippen LogP contribution in [0, 0.1) is 5.92 Å². The van der Waals surface area contributed by atoms with Crippen molar-refractivity contribution in [2.24, 2.45) is 5.92 Å². The van der Waals surface area contributed by atoms with Crippen LogP contribution < -0.4 is 10.5 Å². The molecule has 82 valence electrons. The van der Waals surface area contributed by atoms with E-state index in [9.17, 15) is 0 Å². The van der Waals surface area contributed by atoms with E-state index in [4.69, 9.17) is 15.2 Å². The SMILES string of the molecule is Nc1cccc(OCC2CCOC2)c1Br. The van der Waals surface area contributed by atoms with Crippen LogP contribution in [0.15, 0.2) is 22.7 Å². The summed E-state index contributed by atoms with van der Waals surface area (Å²) in [7, 11) is 0. The second-order valence-electron chi connectivity index (χ2n) is 3.70. The Morgan fingerprint density at radius 2 is 2.40 bits per heavy atom. The summed E-state index contributed by atoms with van der Waals surface area (Å²) in [5, 5.41) is 0. The summed E-state index contributed by atoms with van der Waals surface area (Å²) in [4.78, 5) is 0. The van der Waals surface area contributed by atoms with E-state index in [1.807, 2.05) is 18.2 Å². The summed E-state index contributed by atoms with van der Waals surface area (Å²) in [5.74, 6) is 1.32. The largest absolute Gasteiger partial charge is 0.492 e. The fourth-order valence-electron chi connectivity index (χ4n) is 1.56. The van der Waals surface area contributed by atoms with Crippen LogP contribution in [-0.4, -0.2) is 19.8 Å².